The summed E-state index contributed by atoms with van der Waals surface area (Å²) < 4.78 is 7.64. The number of nitrogens with zero attached hydrogens (tertiary/aromatic N) is 3. The number of amides is 1. The number of rotatable bonds is 13. The molecular formula is C24H44N4O4. The first-order valence-corrected chi connectivity index (χ1v) is 11.5. The molecule has 0 unspecified atom stereocenters. The fraction of sp³-hybridized carbons (Fsp3) is 0.750. The number of ether oxygens (including phenoxy) is 1. The maximum absolute atomic E-state index is 11.7. The van der Waals surface area contributed by atoms with Crippen molar-refractivity contribution in [2.75, 3.05) is 13.2 Å². The van der Waals surface area contributed by atoms with Gasteiger partial charge < -0.3 is 15.2 Å². The van der Waals surface area contributed by atoms with Crippen LogP contribution in [0.3, 0.4) is 0 Å². The molecule has 2 N–H and O–H groups in total. The van der Waals surface area contributed by atoms with Crippen molar-refractivity contribution in [3.8, 4) is 0 Å². The number of carbonyl (C=O) groups is 2. The van der Waals surface area contributed by atoms with Crippen LogP contribution in [-0.2, 0) is 27.4 Å². The van der Waals surface area contributed by atoms with E-state index in [2.05, 4.69) is 43.3 Å². The van der Waals surface area contributed by atoms with E-state index in [9.17, 15) is 9.59 Å². The number of aromatic nitrogens is 3. The van der Waals surface area contributed by atoms with E-state index in [4.69, 9.17) is 9.84 Å². The first kappa shape index (κ1) is 29.9. The quantitative estimate of drug-likeness (QED) is 0.443. The van der Waals surface area contributed by atoms with Gasteiger partial charge in [0.1, 0.15) is 5.69 Å². The summed E-state index contributed by atoms with van der Waals surface area (Å²) in [5, 5.41) is 19.1. The second-order valence-electron chi connectivity index (χ2n) is 9.71. The normalized spacial score (nSPS) is 11.9. The van der Waals surface area contributed by atoms with Crippen molar-refractivity contribution in [2.24, 2.45) is 17.8 Å². The number of carbonyl (C=O) groups excluding carboxylic acids is 2. The van der Waals surface area contributed by atoms with Crippen molar-refractivity contribution >= 4 is 11.7 Å². The second kappa shape index (κ2) is 15.7. The highest BCUT2D eigenvalue weighted by atomic mass is 16.5. The monoisotopic (exact) mass is 452 g/mol. The summed E-state index contributed by atoms with van der Waals surface area (Å²) in [5.41, 5.74) is 0.309. The van der Waals surface area contributed by atoms with Gasteiger partial charge in [-0.05, 0) is 44.6 Å². The minimum Gasteiger partial charge on any atom is -0.396 e. The van der Waals surface area contributed by atoms with E-state index in [0.717, 1.165) is 12.8 Å². The van der Waals surface area contributed by atoms with Gasteiger partial charge in [0.05, 0.1) is 24.9 Å². The summed E-state index contributed by atoms with van der Waals surface area (Å²) in [4.78, 5) is 23.2. The maximum atomic E-state index is 11.7. The number of nitrogens with one attached hydrogen (secondary N) is 1. The zero-order valence-corrected chi connectivity index (χ0v) is 21.2. The molecule has 0 saturated heterocycles. The van der Waals surface area contributed by atoms with Crippen molar-refractivity contribution in [1.29, 1.82) is 0 Å². The van der Waals surface area contributed by atoms with E-state index in [0.29, 0.717) is 37.3 Å². The van der Waals surface area contributed by atoms with E-state index >= 15 is 0 Å². The Bertz CT molecular complexity index is 694. The Morgan fingerprint density at radius 1 is 1.12 bits per heavy atom. The molecule has 184 valence electrons. The average Bonchev–Trinajstić information content (AvgIpc) is 3.10. The highest BCUT2D eigenvalue weighted by Crippen LogP contribution is 2.14. The Kier molecular flexibility index (Phi) is 14.7. The molecule has 0 radical (unpaired) electrons. The first-order chi connectivity index (χ1) is 14.9. The molecule has 0 aliphatic rings. The van der Waals surface area contributed by atoms with E-state index in [1.807, 2.05) is 13.8 Å². The summed E-state index contributed by atoms with van der Waals surface area (Å²) >= 11 is 0. The molecular weight excluding hydrogens is 408 g/mol. The molecule has 0 bridgehead atoms. The Hall–Kier alpha value is -2.06. The Morgan fingerprint density at radius 3 is 2.25 bits per heavy atom. The summed E-state index contributed by atoms with van der Waals surface area (Å²) in [6.45, 7) is 18.0. The van der Waals surface area contributed by atoms with Crippen molar-refractivity contribution < 1.29 is 19.4 Å². The maximum Gasteiger partial charge on any atom is 0.244 e. The zero-order valence-electron chi connectivity index (χ0n) is 21.2. The van der Waals surface area contributed by atoms with Crippen LogP contribution in [0, 0.1) is 17.8 Å². The molecule has 0 aliphatic carbocycles. The molecule has 1 aromatic rings. The van der Waals surface area contributed by atoms with Gasteiger partial charge in [0, 0.05) is 25.2 Å². The van der Waals surface area contributed by atoms with Gasteiger partial charge in [0.15, 0.2) is 5.78 Å². The standard InChI is InChI=1S/C19H32N4O3.C5H12O/c1-14(2)9-10-26-19(5,6)13-23-12-16(21-22-23)11-20-18(25)8-7-17(24)15(3)4;1-5(2)3-4-6/h7-8,12,14-15H,9-11,13H2,1-6H3,(H,20,25);5-6H,3-4H2,1-2H3/b8-7-;. The minimum atomic E-state index is -0.344. The van der Waals surface area contributed by atoms with Gasteiger partial charge in [0.25, 0.3) is 0 Å². The fourth-order valence-electron chi connectivity index (χ4n) is 2.35. The lowest BCUT2D eigenvalue weighted by Gasteiger charge is -2.25. The zero-order chi connectivity index (χ0) is 24.7. The van der Waals surface area contributed by atoms with E-state index in [-0.39, 0.29) is 29.8 Å². The summed E-state index contributed by atoms with van der Waals surface area (Å²) in [6, 6.07) is 0. The number of ketones is 1. The van der Waals surface area contributed by atoms with Crippen LogP contribution in [-0.4, -0.2) is 50.6 Å². The number of hydrogen-bond acceptors (Lipinski definition) is 6. The molecule has 0 atom stereocenters. The molecule has 1 amide bonds. The van der Waals surface area contributed by atoms with Crippen molar-refractivity contribution in [1.82, 2.24) is 20.3 Å². The molecule has 0 saturated carbocycles. The van der Waals surface area contributed by atoms with Gasteiger partial charge in [-0.15, -0.1) is 5.10 Å². The van der Waals surface area contributed by atoms with Crippen LogP contribution in [0.4, 0.5) is 0 Å². The molecule has 8 nitrogen and oxygen atoms in total. The van der Waals surface area contributed by atoms with Gasteiger partial charge in [-0.25, -0.2) is 4.68 Å². The molecule has 32 heavy (non-hydrogen) atoms. The molecule has 0 fully saturated rings. The predicted molar refractivity (Wildman–Crippen MR) is 127 cm³/mol. The average molecular weight is 453 g/mol. The minimum absolute atomic E-state index is 0.0780. The fourth-order valence-corrected chi connectivity index (χ4v) is 2.35. The number of hydrogen-bond donors (Lipinski definition) is 2. The van der Waals surface area contributed by atoms with Crippen LogP contribution >= 0.6 is 0 Å². The summed E-state index contributed by atoms with van der Waals surface area (Å²) in [5.74, 6) is 0.731. The van der Waals surface area contributed by atoms with Gasteiger partial charge in [0.2, 0.25) is 5.91 Å². The third kappa shape index (κ3) is 15.7. The van der Waals surface area contributed by atoms with Gasteiger partial charge in [-0.1, -0.05) is 46.8 Å². The highest BCUT2D eigenvalue weighted by molar-refractivity contribution is 5.98. The van der Waals surface area contributed by atoms with Crippen LogP contribution < -0.4 is 5.32 Å². The van der Waals surface area contributed by atoms with Crippen molar-refractivity contribution in [2.45, 2.75) is 86.9 Å². The third-order valence-electron chi connectivity index (χ3n) is 4.44. The molecule has 1 rings (SSSR count). The molecule has 0 aromatic carbocycles. The lowest BCUT2D eigenvalue weighted by atomic mass is 10.1. The van der Waals surface area contributed by atoms with E-state index < -0.39 is 0 Å². The van der Waals surface area contributed by atoms with Crippen LogP contribution in [0.15, 0.2) is 18.3 Å². The smallest absolute Gasteiger partial charge is 0.244 e. The van der Waals surface area contributed by atoms with Gasteiger partial charge >= 0.3 is 0 Å². The van der Waals surface area contributed by atoms with Crippen LogP contribution in [0.25, 0.3) is 0 Å². The van der Waals surface area contributed by atoms with Gasteiger partial charge in [-0.3, -0.25) is 9.59 Å². The van der Waals surface area contributed by atoms with E-state index in [1.54, 1.807) is 24.7 Å². The third-order valence-corrected chi connectivity index (χ3v) is 4.44. The largest absolute Gasteiger partial charge is 0.396 e. The lowest BCUT2D eigenvalue weighted by molar-refractivity contribution is -0.119. The second-order valence-corrected chi connectivity index (χ2v) is 9.71. The Morgan fingerprint density at radius 2 is 1.75 bits per heavy atom. The SMILES string of the molecule is CC(C)CCO.CC(C)CCOC(C)(C)Cn1cc(CNC(=O)/C=C\C(=O)C(C)C)nn1. The summed E-state index contributed by atoms with van der Waals surface area (Å²) in [7, 11) is 0. The molecule has 8 heteroatoms. The van der Waals surface area contributed by atoms with E-state index in [1.165, 1.54) is 12.2 Å². The van der Waals surface area contributed by atoms with Crippen LogP contribution in [0.5, 0.6) is 0 Å². The molecule has 0 aliphatic heterocycles. The lowest BCUT2D eigenvalue weighted by Crippen LogP contribution is -2.31. The van der Waals surface area contributed by atoms with Crippen LogP contribution in [0.2, 0.25) is 0 Å². The Labute approximate surface area is 193 Å². The first-order valence-electron chi connectivity index (χ1n) is 11.5. The Balaban J connectivity index is 0.00000140. The highest BCUT2D eigenvalue weighted by Gasteiger charge is 2.20. The number of aliphatic hydroxyl groups excluding tert-OH is 1. The molecule has 1 heterocycles. The van der Waals surface area contributed by atoms with Crippen molar-refractivity contribution in [3.05, 3.63) is 24.0 Å². The molecule has 0 spiro atoms. The number of aliphatic hydroxyl groups is 1. The topological polar surface area (TPSA) is 106 Å². The predicted octanol–water partition coefficient (Wildman–Crippen LogP) is 3.54. The van der Waals surface area contributed by atoms with Crippen LogP contribution in [0.1, 0.15) is 73.9 Å². The number of allylic oxidation sites excluding steroid dienone is 1. The van der Waals surface area contributed by atoms with Gasteiger partial charge in [-0.2, -0.15) is 0 Å². The van der Waals surface area contributed by atoms with Crippen molar-refractivity contribution in [3.63, 3.8) is 0 Å². The summed E-state index contributed by atoms with van der Waals surface area (Å²) in [6.07, 6.45) is 6.29. The molecule has 1 aromatic heterocycles.